The van der Waals surface area contributed by atoms with Crippen LogP contribution in [0, 0.1) is 5.82 Å². The summed E-state index contributed by atoms with van der Waals surface area (Å²) >= 11 is 0. The van der Waals surface area contributed by atoms with Crippen molar-refractivity contribution in [1.82, 2.24) is 29.7 Å². The second-order valence-electron chi connectivity index (χ2n) is 8.63. The minimum absolute atomic E-state index is 0. The number of aromatic nitrogens is 4. The van der Waals surface area contributed by atoms with Crippen LogP contribution in [0.5, 0.6) is 0 Å². The molecule has 33 heavy (non-hydrogen) atoms. The number of para-hydroxylation sites is 1. The Hall–Kier alpha value is -2.72. The molecule has 0 saturated carbocycles. The maximum Gasteiger partial charge on any atom is 0.407 e. The first kappa shape index (κ1) is 23.4. The summed E-state index contributed by atoms with van der Waals surface area (Å²) < 4.78 is 21.5. The molecule has 1 atom stereocenters. The third kappa shape index (κ3) is 4.41. The van der Waals surface area contributed by atoms with Crippen LogP contribution >= 0.6 is 12.4 Å². The quantitative estimate of drug-likeness (QED) is 0.594. The fraction of sp³-hybridized carbons (Fsp3) is 0.545. The van der Waals surface area contributed by atoms with E-state index in [4.69, 9.17) is 4.52 Å². The van der Waals surface area contributed by atoms with E-state index in [1.165, 1.54) is 10.7 Å². The van der Waals surface area contributed by atoms with Gasteiger partial charge < -0.3 is 19.4 Å². The number of carbonyl (C=O) groups is 1. The number of rotatable bonds is 5. The van der Waals surface area contributed by atoms with Crippen molar-refractivity contribution in [2.75, 3.05) is 26.2 Å². The minimum atomic E-state index is -0.824. The average Bonchev–Trinajstić information content (AvgIpc) is 3.53. The van der Waals surface area contributed by atoms with Crippen LogP contribution in [0.4, 0.5) is 9.18 Å². The molecule has 0 unspecified atom stereocenters. The smallest absolute Gasteiger partial charge is 0.407 e. The maximum atomic E-state index is 14.5. The number of hydrogen-bond donors (Lipinski definition) is 1. The molecule has 178 valence electrons. The van der Waals surface area contributed by atoms with Gasteiger partial charge in [0, 0.05) is 30.4 Å². The van der Waals surface area contributed by atoms with Crippen LogP contribution in [0.25, 0.3) is 16.9 Å². The molecule has 0 spiro atoms. The van der Waals surface area contributed by atoms with Crippen LogP contribution in [0.3, 0.4) is 0 Å². The van der Waals surface area contributed by atoms with E-state index < -0.39 is 6.09 Å². The Morgan fingerprint density at radius 2 is 2.03 bits per heavy atom. The first-order chi connectivity index (χ1) is 15.5. The molecule has 0 radical (unpaired) electrons. The lowest BCUT2D eigenvalue weighted by Gasteiger charge is -2.34. The molecular formula is C22H28ClFN6O3. The van der Waals surface area contributed by atoms with Crippen LogP contribution in [-0.2, 0) is 6.42 Å². The Balaban J connectivity index is 0.00000259. The Labute approximate surface area is 196 Å². The van der Waals surface area contributed by atoms with Crippen molar-refractivity contribution in [3.8, 4) is 5.95 Å². The molecule has 3 aromatic rings. The second kappa shape index (κ2) is 9.64. The molecule has 0 aliphatic carbocycles. The van der Waals surface area contributed by atoms with Crippen LogP contribution in [0.15, 0.2) is 22.7 Å². The van der Waals surface area contributed by atoms with E-state index in [1.54, 1.807) is 11.0 Å². The molecule has 2 fully saturated rings. The predicted molar refractivity (Wildman–Crippen MR) is 122 cm³/mol. The highest BCUT2D eigenvalue weighted by Gasteiger charge is 2.32. The minimum Gasteiger partial charge on any atom is -0.465 e. The Morgan fingerprint density at radius 1 is 1.24 bits per heavy atom. The van der Waals surface area contributed by atoms with Gasteiger partial charge in [-0.25, -0.2) is 9.18 Å². The van der Waals surface area contributed by atoms with E-state index in [1.807, 2.05) is 13.0 Å². The largest absolute Gasteiger partial charge is 0.465 e. The monoisotopic (exact) mass is 478 g/mol. The highest BCUT2D eigenvalue weighted by atomic mass is 35.5. The summed E-state index contributed by atoms with van der Waals surface area (Å²) in [5.41, 5.74) is 1.16. The van der Waals surface area contributed by atoms with E-state index in [-0.39, 0.29) is 36.1 Å². The van der Waals surface area contributed by atoms with Gasteiger partial charge >= 0.3 is 6.09 Å². The number of piperidine rings is 1. The topological polar surface area (TPSA) is 101 Å². The van der Waals surface area contributed by atoms with E-state index in [0.29, 0.717) is 24.4 Å². The van der Waals surface area contributed by atoms with E-state index >= 15 is 0 Å². The highest BCUT2D eigenvalue weighted by molar-refractivity contribution is 5.85. The summed E-state index contributed by atoms with van der Waals surface area (Å²) in [4.78, 5) is 19.8. The number of carboxylic acid groups (broad SMARTS) is 1. The predicted octanol–water partition coefficient (Wildman–Crippen LogP) is 3.85. The Morgan fingerprint density at radius 3 is 2.76 bits per heavy atom. The number of likely N-dealkylation sites (tertiary alicyclic amines) is 2. The van der Waals surface area contributed by atoms with E-state index in [0.717, 1.165) is 56.4 Å². The SMILES string of the molecule is CCc1nn(-c2noc(C3CCN(C[C@H]4CCCN4C(=O)O)CC3)n2)c2c(F)cccc12.Cl. The van der Waals surface area contributed by atoms with Crippen molar-refractivity contribution in [2.45, 2.75) is 51.0 Å². The van der Waals surface area contributed by atoms with Crippen LogP contribution in [0.2, 0.25) is 0 Å². The van der Waals surface area contributed by atoms with Crippen molar-refractivity contribution in [3.63, 3.8) is 0 Å². The van der Waals surface area contributed by atoms with Crippen molar-refractivity contribution in [1.29, 1.82) is 0 Å². The molecule has 1 amide bonds. The van der Waals surface area contributed by atoms with Gasteiger partial charge in [-0.05, 0) is 56.4 Å². The summed E-state index contributed by atoms with van der Waals surface area (Å²) in [5, 5.41) is 18.7. The fourth-order valence-electron chi connectivity index (χ4n) is 5.01. The van der Waals surface area contributed by atoms with Crippen molar-refractivity contribution >= 4 is 29.4 Å². The summed E-state index contributed by atoms with van der Waals surface area (Å²) in [6.45, 7) is 5.08. The van der Waals surface area contributed by atoms with Crippen molar-refractivity contribution in [2.24, 2.45) is 0 Å². The summed E-state index contributed by atoms with van der Waals surface area (Å²) in [6.07, 6.45) is 3.42. The summed E-state index contributed by atoms with van der Waals surface area (Å²) in [7, 11) is 0. The molecule has 1 N–H and O–H groups in total. The first-order valence-corrected chi connectivity index (χ1v) is 11.3. The number of amides is 1. The molecule has 5 rings (SSSR count). The van der Waals surface area contributed by atoms with Gasteiger partial charge in [0.25, 0.3) is 5.95 Å². The van der Waals surface area contributed by atoms with Gasteiger partial charge in [0.2, 0.25) is 5.89 Å². The highest BCUT2D eigenvalue weighted by Crippen LogP contribution is 2.30. The van der Waals surface area contributed by atoms with Crippen molar-refractivity contribution in [3.05, 3.63) is 35.6 Å². The van der Waals surface area contributed by atoms with Gasteiger partial charge in [-0.2, -0.15) is 14.8 Å². The molecule has 11 heteroatoms. The Bertz CT molecular complexity index is 1130. The van der Waals surface area contributed by atoms with Crippen LogP contribution in [-0.4, -0.2) is 73.1 Å². The zero-order chi connectivity index (χ0) is 22.2. The Kier molecular flexibility index (Phi) is 6.85. The summed E-state index contributed by atoms with van der Waals surface area (Å²) in [6, 6.07) is 5.02. The lowest BCUT2D eigenvalue weighted by atomic mass is 9.96. The molecule has 4 heterocycles. The molecule has 2 saturated heterocycles. The first-order valence-electron chi connectivity index (χ1n) is 11.3. The standard InChI is InChI=1S/C22H27FN6O3.ClH/c1-2-18-16-6-3-7-17(23)19(16)29(25-18)21-24-20(32-26-21)14-8-11-27(12-9-14)13-15-5-4-10-28(15)22(30)31;/h3,6-7,14-15H,2,4-5,8-13H2,1H3,(H,30,31);1H/t15-;/m1./s1. The maximum absolute atomic E-state index is 14.5. The van der Waals surface area contributed by atoms with Crippen molar-refractivity contribution < 1.29 is 18.8 Å². The van der Waals surface area contributed by atoms with Gasteiger partial charge in [-0.15, -0.1) is 12.4 Å². The molecule has 0 bridgehead atoms. The van der Waals surface area contributed by atoms with E-state index in [9.17, 15) is 14.3 Å². The fourth-order valence-corrected chi connectivity index (χ4v) is 5.01. The number of benzene rings is 1. The third-order valence-corrected chi connectivity index (χ3v) is 6.71. The number of hydrogen-bond acceptors (Lipinski definition) is 6. The molecule has 1 aromatic carbocycles. The van der Waals surface area contributed by atoms with Crippen LogP contribution < -0.4 is 0 Å². The normalized spacial score (nSPS) is 19.8. The average molecular weight is 479 g/mol. The molecular weight excluding hydrogens is 451 g/mol. The number of nitrogens with zero attached hydrogens (tertiary/aromatic N) is 6. The molecule has 2 aliphatic heterocycles. The van der Waals surface area contributed by atoms with Gasteiger partial charge in [-0.1, -0.05) is 19.1 Å². The number of aryl methyl sites for hydroxylation is 1. The van der Waals surface area contributed by atoms with Gasteiger partial charge in [0.15, 0.2) is 0 Å². The second-order valence-corrected chi connectivity index (χ2v) is 8.63. The zero-order valence-corrected chi connectivity index (χ0v) is 19.3. The third-order valence-electron chi connectivity index (χ3n) is 6.71. The molecule has 2 aromatic heterocycles. The zero-order valence-electron chi connectivity index (χ0n) is 18.5. The lowest BCUT2D eigenvalue weighted by molar-refractivity contribution is 0.115. The molecule has 9 nitrogen and oxygen atoms in total. The van der Waals surface area contributed by atoms with Gasteiger partial charge in [-0.3, -0.25) is 0 Å². The van der Waals surface area contributed by atoms with Crippen LogP contribution in [0.1, 0.15) is 50.1 Å². The summed E-state index contributed by atoms with van der Waals surface area (Å²) in [5.74, 6) is 0.562. The molecule has 2 aliphatic rings. The number of halogens is 2. The number of fused-ring (bicyclic) bond motifs is 1. The lowest BCUT2D eigenvalue weighted by Crippen LogP contribution is -2.45. The van der Waals surface area contributed by atoms with Gasteiger partial charge in [0.1, 0.15) is 11.3 Å². The van der Waals surface area contributed by atoms with E-state index in [2.05, 4.69) is 20.1 Å². The van der Waals surface area contributed by atoms with Gasteiger partial charge in [0.05, 0.1) is 5.69 Å².